The van der Waals surface area contributed by atoms with Crippen molar-refractivity contribution in [3.63, 3.8) is 0 Å². The van der Waals surface area contributed by atoms with Gasteiger partial charge in [-0.25, -0.2) is 9.78 Å². The molecule has 0 amide bonds. The van der Waals surface area contributed by atoms with Crippen LogP contribution in [0.5, 0.6) is 0 Å². The van der Waals surface area contributed by atoms with Gasteiger partial charge in [-0.15, -0.1) is 11.3 Å². The molecule has 16 heavy (non-hydrogen) atoms. The molecule has 2 heterocycles. The summed E-state index contributed by atoms with van der Waals surface area (Å²) in [6, 6.07) is 0. The Hall–Kier alpha value is -0.980. The van der Waals surface area contributed by atoms with E-state index < -0.39 is 0 Å². The third-order valence-corrected chi connectivity index (χ3v) is 3.52. The fourth-order valence-corrected chi connectivity index (χ4v) is 2.44. The van der Waals surface area contributed by atoms with Crippen molar-refractivity contribution in [2.24, 2.45) is 0 Å². The maximum atomic E-state index is 11.3. The van der Waals surface area contributed by atoms with Crippen LogP contribution in [0.2, 0.25) is 0 Å². The van der Waals surface area contributed by atoms with E-state index in [1.165, 1.54) is 18.4 Å². The number of rotatable bonds is 2. The molecular formula is C10H14N2O3S. The Bertz CT molecular complexity index is 380. The van der Waals surface area contributed by atoms with Gasteiger partial charge in [0, 0.05) is 13.1 Å². The van der Waals surface area contributed by atoms with Crippen LogP contribution in [0.4, 0.5) is 0 Å². The standard InChI is InChI=1S/C10H14N2O3S/c1-12-3-4-15-7(6-12)9-11-5-8(16-9)10(13)14-2/h5,7H,3-4,6H2,1-2H3. The summed E-state index contributed by atoms with van der Waals surface area (Å²) in [5, 5.41) is 0.840. The number of morpholine rings is 1. The summed E-state index contributed by atoms with van der Waals surface area (Å²) in [7, 11) is 3.41. The minimum absolute atomic E-state index is 0.0258. The molecule has 88 valence electrons. The second-order valence-electron chi connectivity index (χ2n) is 3.68. The second-order valence-corrected chi connectivity index (χ2v) is 4.74. The van der Waals surface area contributed by atoms with Gasteiger partial charge in [0.25, 0.3) is 0 Å². The summed E-state index contributed by atoms with van der Waals surface area (Å²) in [6.07, 6.45) is 1.52. The molecule has 1 atom stereocenters. The number of methoxy groups -OCH3 is 1. The van der Waals surface area contributed by atoms with E-state index in [4.69, 9.17) is 4.74 Å². The topological polar surface area (TPSA) is 51.7 Å². The number of carbonyl (C=O) groups is 1. The second kappa shape index (κ2) is 4.90. The highest BCUT2D eigenvalue weighted by Gasteiger charge is 2.23. The van der Waals surface area contributed by atoms with Crippen LogP contribution < -0.4 is 0 Å². The predicted octanol–water partition coefficient (Wildman–Crippen LogP) is 0.933. The summed E-state index contributed by atoms with van der Waals surface area (Å²) in [5.41, 5.74) is 0. The summed E-state index contributed by atoms with van der Waals surface area (Å²) in [6.45, 7) is 2.45. The van der Waals surface area contributed by atoms with Crippen molar-refractivity contribution in [1.82, 2.24) is 9.88 Å². The number of hydrogen-bond acceptors (Lipinski definition) is 6. The number of likely N-dealkylation sites (N-methyl/N-ethyl adjacent to an activating group) is 1. The molecule has 1 unspecified atom stereocenters. The van der Waals surface area contributed by atoms with Crippen molar-refractivity contribution in [2.45, 2.75) is 6.10 Å². The van der Waals surface area contributed by atoms with Crippen LogP contribution in [0, 0.1) is 0 Å². The molecule has 0 aliphatic carbocycles. The highest BCUT2D eigenvalue weighted by molar-refractivity contribution is 7.13. The molecule has 1 aliphatic rings. The molecule has 1 aromatic heterocycles. The first-order valence-corrected chi connectivity index (χ1v) is 5.86. The maximum absolute atomic E-state index is 11.3. The third-order valence-electron chi connectivity index (χ3n) is 2.46. The lowest BCUT2D eigenvalue weighted by molar-refractivity contribution is -0.0209. The SMILES string of the molecule is COC(=O)c1cnc(C2CN(C)CCO2)s1. The Morgan fingerprint density at radius 1 is 1.75 bits per heavy atom. The largest absolute Gasteiger partial charge is 0.465 e. The lowest BCUT2D eigenvalue weighted by Gasteiger charge is -2.28. The van der Waals surface area contributed by atoms with Gasteiger partial charge in [0.15, 0.2) is 0 Å². The molecule has 0 aromatic carbocycles. The number of esters is 1. The fourth-order valence-electron chi connectivity index (χ4n) is 1.56. The van der Waals surface area contributed by atoms with E-state index in [-0.39, 0.29) is 12.1 Å². The Labute approximate surface area is 98.0 Å². The Morgan fingerprint density at radius 3 is 3.25 bits per heavy atom. The number of hydrogen-bond donors (Lipinski definition) is 0. The van der Waals surface area contributed by atoms with Crippen molar-refractivity contribution in [3.8, 4) is 0 Å². The Morgan fingerprint density at radius 2 is 2.56 bits per heavy atom. The van der Waals surface area contributed by atoms with E-state index in [9.17, 15) is 4.79 Å². The fraction of sp³-hybridized carbons (Fsp3) is 0.600. The van der Waals surface area contributed by atoms with Crippen LogP contribution in [-0.2, 0) is 9.47 Å². The predicted molar refractivity (Wildman–Crippen MR) is 59.6 cm³/mol. The molecular weight excluding hydrogens is 228 g/mol. The average Bonchev–Trinajstić information content (AvgIpc) is 2.77. The zero-order valence-corrected chi connectivity index (χ0v) is 10.1. The molecule has 0 N–H and O–H groups in total. The molecule has 5 nitrogen and oxygen atoms in total. The van der Waals surface area contributed by atoms with Crippen molar-refractivity contribution in [3.05, 3.63) is 16.1 Å². The molecule has 0 saturated carbocycles. The van der Waals surface area contributed by atoms with Gasteiger partial charge in [-0.2, -0.15) is 0 Å². The summed E-state index contributed by atoms with van der Waals surface area (Å²) in [4.78, 5) is 18.2. The molecule has 2 rings (SSSR count). The number of thiazole rings is 1. The molecule has 6 heteroatoms. The first-order chi connectivity index (χ1) is 7.70. The Kier molecular flexibility index (Phi) is 3.52. The van der Waals surface area contributed by atoms with Gasteiger partial charge in [0.05, 0.1) is 19.9 Å². The van der Waals surface area contributed by atoms with E-state index in [2.05, 4.69) is 14.6 Å². The average molecular weight is 242 g/mol. The number of nitrogens with zero attached hydrogens (tertiary/aromatic N) is 2. The molecule has 1 saturated heterocycles. The van der Waals surface area contributed by atoms with E-state index in [0.717, 1.165) is 18.1 Å². The van der Waals surface area contributed by atoms with Crippen LogP contribution in [0.25, 0.3) is 0 Å². The molecule has 0 spiro atoms. The van der Waals surface area contributed by atoms with Gasteiger partial charge < -0.3 is 14.4 Å². The summed E-state index contributed by atoms with van der Waals surface area (Å²) >= 11 is 1.34. The lowest BCUT2D eigenvalue weighted by Crippen LogP contribution is -2.35. The van der Waals surface area contributed by atoms with E-state index in [1.807, 2.05) is 7.05 Å². The highest BCUT2D eigenvalue weighted by atomic mass is 32.1. The van der Waals surface area contributed by atoms with Gasteiger partial charge in [-0.1, -0.05) is 0 Å². The van der Waals surface area contributed by atoms with Gasteiger partial charge in [0.1, 0.15) is 16.0 Å². The van der Waals surface area contributed by atoms with Gasteiger partial charge >= 0.3 is 5.97 Å². The van der Waals surface area contributed by atoms with Crippen LogP contribution in [0.1, 0.15) is 20.8 Å². The van der Waals surface area contributed by atoms with E-state index >= 15 is 0 Å². The van der Waals surface area contributed by atoms with Crippen molar-refractivity contribution < 1.29 is 14.3 Å². The van der Waals surface area contributed by atoms with Gasteiger partial charge in [-0.05, 0) is 7.05 Å². The molecule has 1 fully saturated rings. The minimum atomic E-state index is -0.340. The zero-order chi connectivity index (χ0) is 11.5. The van der Waals surface area contributed by atoms with E-state index in [0.29, 0.717) is 11.5 Å². The Balaban J connectivity index is 2.09. The van der Waals surface area contributed by atoms with Crippen LogP contribution >= 0.6 is 11.3 Å². The monoisotopic (exact) mass is 242 g/mol. The minimum Gasteiger partial charge on any atom is -0.465 e. The zero-order valence-electron chi connectivity index (χ0n) is 9.30. The van der Waals surface area contributed by atoms with Crippen LogP contribution in [0.3, 0.4) is 0 Å². The van der Waals surface area contributed by atoms with Gasteiger partial charge in [0.2, 0.25) is 0 Å². The van der Waals surface area contributed by atoms with Crippen molar-refractivity contribution in [2.75, 3.05) is 33.9 Å². The number of ether oxygens (including phenoxy) is 2. The third kappa shape index (κ3) is 2.40. The molecule has 0 radical (unpaired) electrons. The van der Waals surface area contributed by atoms with Crippen LogP contribution in [-0.4, -0.2) is 49.7 Å². The smallest absolute Gasteiger partial charge is 0.349 e. The van der Waals surface area contributed by atoms with Crippen LogP contribution in [0.15, 0.2) is 6.20 Å². The normalized spacial score (nSPS) is 22.0. The van der Waals surface area contributed by atoms with Crippen molar-refractivity contribution >= 4 is 17.3 Å². The first kappa shape index (κ1) is 11.5. The van der Waals surface area contributed by atoms with E-state index in [1.54, 1.807) is 6.20 Å². The molecule has 1 aliphatic heterocycles. The first-order valence-electron chi connectivity index (χ1n) is 5.05. The lowest BCUT2D eigenvalue weighted by atomic mass is 10.3. The molecule has 0 bridgehead atoms. The summed E-state index contributed by atoms with van der Waals surface area (Å²) in [5.74, 6) is -0.340. The highest BCUT2D eigenvalue weighted by Crippen LogP contribution is 2.26. The van der Waals surface area contributed by atoms with Gasteiger partial charge in [-0.3, -0.25) is 0 Å². The quantitative estimate of drug-likeness (QED) is 0.722. The summed E-state index contributed by atoms with van der Waals surface area (Å²) < 4.78 is 10.3. The van der Waals surface area contributed by atoms with Crippen molar-refractivity contribution in [1.29, 1.82) is 0 Å². The molecule has 1 aromatic rings. The number of aromatic nitrogens is 1. The number of carbonyl (C=O) groups excluding carboxylic acids is 1. The maximum Gasteiger partial charge on any atom is 0.349 e.